The molecular formula is C15H18N2OS. The maximum atomic E-state index is 10.1. The van der Waals surface area contributed by atoms with E-state index in [-0.39, 0.29) is 6.04 Å². The van der Waals surface area contributed by atoms with Gasteiger partial charge in [-0.1, -0.05) is 36.4 Å². The molecular weight excluding hydrogens is 256 g/mol. The van der Waals surface area contributed by atoms with Gasteiger partial charge in [0.15, 0.2) is 0 Å². The Morgan fingerprint density at radius 3 is 2.53 bits per heavy atom. The Kier molecular flexibility index (Phi) is 5.39. The minimum absolute atomic E-state index is 0.251. The first-order valence-electron chi connectivity index (χ1n) is 6.27. The molecule has 1 aromatic carbocycles. The Hall–Kier alpha value is -1.36. The van der Waals surface area contributed by atoms with Gasteiger partial charge in [0.25, 0.3) is 0 Å². The zero-order valence-corrected chi connectivity index (χ0v) is 11.5. The average molecular weight is 274 g/mol. The molecule has 0 radical (unpaired) electrons. The number of nitrogens with zero attached hydrogens (tertiary/aromatic N) is 1. The third kappa shape index (κ3) is 4.67. The van der Waals surface area contributed by atoms with Crippen LogP contribution in [0, 0.1) is 0 Å². The van der Waals surface area contributed by atoms with E-state index in [0.29, 0.717) is 12.2 Å². The van der Waals surface area contributed by atoms with Gasteiger partial charge in [-0.25, -0.2) is 4.98 Å². The van der Waals surface area contributed by atoms with Gasteiger partial charge in [0, 0.05) is 18.0 Å². The van der Waals surface area contributed by atoms with E-state index in [2.05, 4.69) is 4.98 Å². The molecule has 0 aliphatic rings. The maximum absolute atomic E-state index is 10.1. The monoisotopic (exact) mass is 274 g/mol. The number of aromatic nitrogens is 1. The first-order valence-corrected chi connectivity index (χ1v) is 7.25. The topological polar surface area (TPSA) is 59.1 Å². The highest BCUT2D eigenvalue weighted by Gasteiger charge is 2.15. The molecule has 19 heavy (non-hydrogen) atoms. The van der Waals surface area contributed by atoms with Crippen LogP contribution in [0.15, 0.2) is 59.8 Å². The Balaban J connectivity index is 1.81. The standard InChI is InChI=1S/C15H18N2OS/c16-13(10-12-6-2-1-3-7-12)14(18)11-19-15-8-4-5-9-17-15/h1-9,13-14,18H,10-11,16H2/t13-,14+/m0/s1. The van der Waals surface area contributed by atoms with Crippen molar-refractivity contribution in [3.8, 4) is 0 Å². The number of rotatable bonds is 6. The van der Waals surface area contributed by atoms with Gasteiger partial charge in [-0.05, 0) is 24.1 Å². The normalized spacial score (nSPS) is 14.0. The molecule has 3 nitrogen and oxygen atoms in total. The second kappa shape index (κ2) is 7.28. The molecule has 2 atom stereocenters. The van der Waals surface area contributed by atoms with Crippen LogP contribution in [0.3, 0.4) is 0 Å². The molecule has 100 valence electrons. The summed E-state index contributed by atoms with van der Waals surface area (Å²) < 4.78 is 0. The first-order chi connectivity index (χ1) is 9.25. The molecule has 0 amide bonds. The minimum atomic E-state index is -0.535. The van der Waals surface area contributed by atoms with E-state index in [0.717, 1.165) is 10.6 Å². The van der Waals surface area contributed by atoms with Crippen LogP contribution >= 0.6 is 11.8 Å². The molecule has 2 aromatic rings. The zero-order chi connectivity index (χ0) is 13.5. The summed E-state index contributed by atoms with van der Waals surface area (Å²) >= 11 is 1.53. The van der Waals surface area contributed by atoms with Crippen molar-refractivity contribution in [2.45, 2.75) is 23.6 Å². The summed E-state index contributed by atoms with van der Waals surface area (Å²) in [5.41, 5.74) is 7.18. The summed E-state index contributed by atoms with van der Waals surface area (Å²) in [6.45, 7) is 0. The fourth-order valence-corrected chi connectivity index (χ4v) is 2.65. The third-order valence-corrected chi connectivity index (χ3v) is 3.89. The highest BCUT2D eigenvalue weighted by molar-refractivity contribution is 7.99. The number of hydrogen-bond acceptors (Lipinski definition) is 4. The van der Waals surface area contributed by atoms with Gasteiger partial charge in [-0.15, -0.1) is 11.8 Å². The van der Waals surface area contributed by atoms with Crippen LogP contribution < -0.4 is 5.73 Å². The number of benzene rings is 1. The molecule has 0 fully saturated rings. The second-order valence-corrected chi connectivity index (χ2v) is 5.44. The first kappa shape index (κ1) is 14.1. The van der Waals surface area contributed by atoms with E-state index in [4.69, 9.17) is 5.73 Å². The molecule has 1 aromatic heterocycles. The van der Waals surface area contributed by atoms with E-state index in [9.17, 15) is 5.11 Å². The van der Waals surface area contributed by atoms with E-state index in [1.54, 1.807) is 6.20 Å². The molecule has 0 saturated heterocycles. The molecule has 4 heteroatoms. The molecule has 0 aliphatic carbocycles. The molecule has 0 spiro atoms. The van der Waals surface area contributed by atoms with Crippen molar-refractivity contribution in [1.29, 1.82) is 0 Å². The largest absolute Gasteiger partial charge is 0.391 e. The number of pyridine rings is 1. The van der Waals surface area contributed by atoms with Crippen LogP contribution in [-0.4, -0.2) is 28.0 Å². The Bertz CT molecular complexity index is 478. The van der Waals surface area contributed by atoms with Crippen LogP contribution in [0.25, 0.3) is 0 Å². The maximum Gasteiger partial charge on any atom is 0.0960 e. The van der Waals surface area contributed by atoms with Gasteiger partial charge in [-0.3, -0.25) is 0 Å². The summed E-state index contributed by atoms with van der Waals surface area (Å²) in [6, 6.07) is 15.5. The van der Waals surface area contributed by atoms with Gasteiger partial charge in [-0.2, -0.15) is 0 Å². The highest BCUT2D eigenvalue weighted by Crippen LogP contribution is 2.16. The number of aliphatic hydroxyl groups is 1. The van der Waals surface area contributed by atoms with Crippen molar-refractivity contribution in [3.05, 3.63) is 60.3 Å². The summed E-state index contributed by atoms with van der Waals surface area (Å²) in [4.78, 5) is 4.21. The highest BCUT2D eigenvalue weighted by atomic mass is 32.2. The van der Waals surface area contributed by atoms with Crippen LogP contribution in [0.5, 0.6) is 0 Å². The van der Waals surface area contributed by atoms with E-state index >= 15 is 0 Å². The second-order valence-electron chi connectivity index (χ2n) is 4.40. The van der Waals surface area contributed by atoms with Crippen molar-refractivity contribution >= 4 is 11.8 Å². The molecule has 0 aliphatic heterocycles. The molecule has 0 saturated carbocycles. The van der Waals surface area contributed by atoms with Gasteiger partial charge in [0.2, 0.25) is 0 Å². The molecule has 0 unspecified atom stereocenters. The van der Waals surface area contributed by atoms with E-state index in [1.165, 1.54) is 11.8 Å². The zero-order valence-electron chi connectivity index (χ0n) is 10.6. The Morgan fingerprint density at radius 2 is 1.84 bits per heavy atom. The van der Waals surface area contributed by atoms with Crippen molar-refractivity contribution in [2.24, 2.45) is 5.73 Å². The van der Waals surface area contributed by atoms with E-state index in [1.807, 2.05) is 48.5 Å². The predicted octanol–water partition coefficient (Wildman–Crippen LogP) is 2.10. The number of thioether (sulfide) groups is 1. The van der Waals surface area contributed by atoms with Crippen molar-refractivity contribution in [3.63, 3.8) is 0 Å². The Morgan fingerprint density at radius 1 is 1.11 bits per heavy atom. The molecule has 1 heterocycles. The molecule has 2 rings (SSSR count). The summed E-state index contributed by atoms with van der Waals surface area (Å²) in [5, 5.41) is 11.0. The van der Waals surface area contributed by atoms with Crippen molar-refractivity contribution in [1.82, 2.24) is 4.98 Å². The van der Waals surface area contributed by atoms with Crippen LogP contribution in [0.4, 0.5) is 0 Å². The van der Waals surface area contributed by atoms with Crippen LogP contribution in [0.2, 0.25) is 0 Å². The fraction of sp³-hybridized carbons (Fsp3) is 0.267. The SMILES string of the molecule is N[C@@H](Cc1ccccc1)[C@H](O)CSc1ccccn1. The fourth-order valence-electron chi connectivity index (χ4n) is 1.75. The number of aliphatic hydroxyl groups excluding tert-OH is 1. The minimum Gasteiger partial charge on any atom is -0.391 e. The van der Waals surface area contributed by atoms with Crippen LogP contribution in [0.1, 0.15) is 5.56 Å². The Labute approximate surface area is 117 Å². The van der Waals surface area contributed by atoms with Gasteiger partial charge in [0.1, 0.15) is 0 Å². The molecule has 3 N–H and O–H groups in total. The number of nitrogens with two attached hydrogens (primary N) is 1. The lowest BCUT2D eigenvalue weighted by atomic mass is 10.0. The van der Waals surface area contributed by atoms with Gasteiger partial charge >= 0.3 is 0 Å². The van der Waals surface area contributed by atoms with Gasteiger partial charge < -0.3 is 10.8 Å². The summed E-state index contributed by atoms with van der Waals surface area (Å²) in [6.07, 6.45) is 1.90. The number of hydrogen-bond donors (Lipinski definition) is 2. The third-order valence-electron chi connectivity index (χ3n) is 2.85. The molecule has 0 bridgehead atoms. The van der Waals surface area contributed by atoms with Crippen molar-refractivity contribution < 1.29 is 5.11 Å². The lowest BCUT2D eigenvalue weighted by Crippen LogP contribution is -2.38. The lowest BCUT2D eigenvalue weighted by molar-refractivity contribution is 0.167. The summed E-state index contributed by atoms with van der Waals surface area (Å²) in [5.74, 6) is 0.561. The van der Waals surface area contributed by atoms with Crippen LogP contribution in [-0.2, 0) is 6.42 Å². The van der Waals surface area contributed by atoms with Crippen molar-refractivity contribution in [2.75, 3.05) is 5.75 Å². The average Bonchev–Trinajstić information content (AvgIpc) is 2.47. The quantitative estimate of drug-likeness (QED) is 0.792. The van der Waals surface area contributed by atoms with Gasteiger partial charge in [0.05, 0.1) is 11.1 Å². The smallest absolute Gasteiger partial charge is 0.0960 e. The van der Waals surface area contributed by atoms with E-state index < -0.39 is 6.10 Å². The predicted molar refractivity (Wildman–Crippen MR) is 79.1 cm³/mol. The lowest BCUT2D eigenvalue weighted by Gasteiger charge is -2.18. The summed E-state index contributed by atoms with van der Waals surface area (Å²) in [7, 11) is 0.